The van der Waals surface area contributed by atoms with E-state index in [0.717, 1.165) is 18.2 Å². The maximum Gasteiger partial charge on any atom is 0.186 e. The van der Waals surface area contributed by atoms with Gasteiger partial charge in [0.25, 0.3) is 0 Å². The van der Waals surface area contributed by atoms with Gasteiger partial charge >= 0.3 is 0 Å². The minimum Gasteiger partial charge on any atom is -0.292 e. The number of hydrogen-bond donors (Lipinski definition) is 0. The molecule has 1 aromatic carbocycles. The fourth-order valence-electron chi connectivity index (χ4n) is 1.29. The van der Waals surface area contributed by atoms with Gasteiger partial charge in [-0.05, 0) is 23.8 Å². The van der Waals surface area contributed by atoms with Crippen LogP contribution in [-0.2, 0) is 6.42 Å². The standard InChI is InChI=1S/C11H7F2NOS/c12-8-1-2-9(13)7(3-8)4-11(15)10-5-16-6-14-10/h1-3,5-6H,4H2. The molecule has 0 spiro atoms. The summed E-state index contributed by atoms with van der Waals surface area (Å²) in [5, 5.41) is 1.58. The zero-order chi connectivity index (χ0) is 11.5. The average molecular weight is 239 g/mol. The Morgan fingerprint density at radius 2 is 2.19 bits per heavy atom. The fourth-order valence-corrected chi connectivity index (χ4v) is 1.85. The predicted molar refractivity (Wildman–Crippen MR) is 56.5 cm³/mol. The Labute approximate surface area is 94.6 Å². The third-order valence-corrected chi connectivity index (χ3v) is 2.66. The van der Waals surface area contributed by atoms with Crippen molar-refractivity contribution in [1.82, 2.24) is 4.98 Å². The molecule has 2 rings (SSSR count). The van der Waals surface area contributed by atoms with Gasteiger partial charge < -0.3 is 0 Å². The van der Waals surface area contributed by atoms with Crippen LogP contribution in [-0.4, -0.2) is 10.8 Å². The quantitative estimate of drug-likeness (QED) is 0.771. The summed E-state index contributed by atoms with van der Waals surface area (Å²) in [6.07, 6.45) is -0.173. The van der Waals surface area contributed by atoms with Crippen LogP contribution < -0.4 is 0 Å². The number of thiazole rings is 1. The van der Waals surface area contributed by atoms with Crippen molar-refractivity contribution in [3.8, 4) is 0 Å². The topological polar surface area (TPSA) is 30.0 Å². The normalized spacial score (nSPS) is 10.4. The first-order valence-corrected chi connectivity index (χ1v) is 5.46. The van der Waals surface area contributed by atoms with Gasteiger partial charge in [-0.3, -0.25) is 4.79 Å². The molecule has 5 heteroatoms. The van der Waals surface area contributed by atoms with Crippen LogP contribution in [0.3, 0.4) is 0 Å². The molecule has 0 radical (unpaired) electrons. The lowest BCUT2D eigenvalue weighted by Crippen LogP contribution is -2.05. The Hall–Kier alpha value is -1.62. The second-order valence-electron chi connectivity index (χ2n) is 3.21. The van der Waals surface area contributed by atoms with Gasteiger partial charge in [0.15, 0.2) is 5.78 Å². The molecule has 0 aliphatic heterocycles. The molecule has 0 amide bonds. The first-order valence-electron chi connectivity index (χ1n) is 4.52. The van der Waals surface area contributed by atoms with Crippen LogP contribution in [0.1, 0.15) is 16.1 Å². The summed E-state index contributed by atoms with van der Waals surface area (Å²) in [6, 6.07) is 3.06. The molecule has 16 heavy (non-hydrogen) atoms. The zero-order valence-electron chi connectivity index (χ0n) is 8.11. The van der Waals surface area contributed by atoms with E-state index in [2.05, 4.69) is 4.98 Å². The van der Waals surface area contributed by atoms with Gasteiger partial charge in [-0.1, -0.05) is 0 Å². The van der Waals surface area contributed by atoms with Crippen molar-refractivity contribution in [3.05, 3.63) is 52.0 Å². The Bertz CT molecular complexity index is 511. The number of rotatable bonds is 3. The van der Waals surface area contributed by atoms with E-state index in [-0.39, 0.29) is 23.5 Å². The molecular weight excluding hydrogens is 232 g/mol. The molecule has 82 valence electrons. The second kappa shape index (κ2) is 4.49. The molecule has 1 aromatic heterocycles. The molecular formula is C11H7F2NOS. The Kier molecular flexibility index (Phi) is 3.05. The van der Waals surface area contributed by atoms with E-state index < -0.39 is 11.6 Å². The maximum absolute atomic E-state index is 13.2. The lowest BCUT2D eigenvalue weighted by Gasteiger charge is -2.01. The van der Waals surface area contributed by atoms with Crippen molar-refractivity contribution in [1.29, 1.82) is 0 Å². The highest BCUT2D eigenvalue weighted by Crippen LogP contribution is 2.13. The van der Waals surface area contributed by atoms with Crippen molar-refractivity contribution in [3.63, 3.8) is 0 Å². The lowest BCUT2D eigenvalue weighted by molar-refractivity contribution is 0.0987. The molecule has 0 aliphatic carbocycles. The van der Waals surface area contributed by atoms with Crippen molar-refractivity contribution in [2.45, 2.75) is 6.42 Å². The van der Waals surface area contributed by atoms with Crippen LogP contribution >= 0.6 is 11.3 Å². The SMILES string of the molecule is O=C(Cc1cc(F)ccc1F)c1cscn1. The fraction of sp³-hybridized carbons (Fsp3) is 0.0909. The number of carbonyl (C=O) groups excluding carboxylic acids is 1. The first kappa shape index (κ1) is 10.9. The smallest absolute Gasteiger partial charge is 0.186 e. The summed E-state index contributed by atoms with van der Waals surface area (Å²) in [5.74, 6) is -1.45. The number of nitrogens with zero attached hydrogens (tertiary/aromatic N) is 1. The van der Waals surface area contributed by atoms with E-state index in [1.807, 2.05) is 0 Å². The van der Waals surface area contributed by atoms with Crippen LogP contribution in [0.4, 0.5) is 8.78 Å². The Morgan fingerprint density at radius 3 is 2.88 bits per heavy atom. The van der Waals surface area contributed by atoms with Gasteiger partial charge in [0.1, 0.15) is 17.3 Å². The Morgan fingerprint density at radius 1 is 1.38 bits per heavy atom. The van der Waals surface area contributed by atoms with Crippen molar-refractivity contribution < 1.29 is 13.6 Å². The maximum atomic E-state index is 13.2. The summed E-state index contributed by atoms with van der Waals surface area (Å²) in [4.78, 5) is 15.4. The summed E-state index contributed by atoms with van der Waals surface area (Å²) in [5.41, 5.74) is 1.86. The molecule has 0 bridgehead atoms. The van der Waals surface area contributed by atoms with Gasteiger partial charge in [-0.15, -0.1) is 11.3 Å². The zero-order valence-corrected chi connectivity index (χ0v) is 8.93. The van der Waals surface area contributed by atoms with Gasteiger partial charge in [0.2, 0.25) is 0 Å². The summed E-state index contributed by atoms with van der Waals surface area (Å²) in [6.45, 7) is 0. The first-order chi connectivity index (χ1) is 7.66. The highest BCUT2D eigenvalue weighted by molar-refractivity contribution is 7.07. The minimum absolute atomic E-state index is 0.0537. The number of ketones is 1. The molecule has 0 fully saturated rings. The summed E-state index contributed by atoms with van der Waals surface area (Å²) < 4.78 is 26.1. The van der Waals surface area contributed by atoms with Gasteiger partial charge in [-0.25, -0.2) is 13.8 Å². The van der Waals surface area contributed by atoms with Crippen molar-refractivity contribution in [2.75, 3.05) is 0 Å². The van der Waals surface area contributed by atoms with E-state index in [9.17, 15) is 13.6 Å². The number of aromatic nitrogens is 1. The lowest BCUT2D eigenvalue weighted by atomic mass is 10.1. The molecule has 0 aliphatic rings. The van der Waals surface area contributed by atoms with Crippen LogP contribution in [0.2, 0.25) is 0 Å². The van der Waals surface area contributed by atoms with Gasteiger partial charge in [0, 0.05) is 11.8 Å². The van der Waals surface area contributed by atoms with E-state index in [1.54, 1.807) is 5.38 Å². The molecule has 1 heterocycles. The van der Waals surface area contributed by atoms with Crippen LogP contribution in [0.15, 0.2) is 29.1 Å². The number of Topliss-reactive ketones (excluding diaryl/α,β-unsaturated/α-hetero) is 1. The van der Waals surface area contributed by atoms with Crippen molar-refractivity contribution in [2.24, 2.45) is 0 Å². The molecule has 0 atom stereocenters. The molecule has 0 unspecified atom stereocenters. The second-order valence-corrected chi connectivity index (χ2v) is 3.93. The van der Waals surface area contributed by atoms with Gasteiger partial charge in [0.05, 0.1) is 5.51 Å². The number of carbonyl (C=O) groups is 1. The van der Waals surface area contributed by atoms with E-state index in [1.165, 1.54) is 16.8 Å². The molecule has 0 N–H and O–H groups in total. The molecule has 0 saturated carbocycles. The molecule has 0 saturated heterocycles. The number of hydrogen-bond acceptors (Lipinski definition) is 3. The third-order valence-electron chi connectivity index (χ3n) is 2.08. The minimum atomic E-state index is -0.579. The average Bonchev–Trinajstić information content (AvgIpc) is 2.76. The summed E-state index contributed by atoms with van der Waals surface area (Å²) in [7, 11) is 0. The number of benzene rings is 1. The summed E-state index contributed by atoms with van der Waals surface area (Å²) >= 11 is 1.29. The van der Waals surface area contributed by atoms with Crippen LogP contribution in [0.25, 0.3) is 0 Å². The van der Waals surface area contributed by atoms with Crippen LogP contribution in [0, 0.1) is 11.6 Å². The molecule has 2 nitrogen and oxygen atoms in total. The van der Waals surface area contributed by atoms with E-state index in [0.29, 0.717) is 0 Å². The van der Waals surface area contributed by atoms with E-state index in [4.69, 9.17) is 0 Å². The Balaban J connectivity index is 2.21. The van der Waals surface area contributed by atoms with Gasteiger partial charge in [-0.2, -0.15) is 0 Å². The van der Waals surface area contributed by atoms with E-state index >= 15 is 0 Å². The number of halogens is 2. The largest absolute Gasteiger partial charge is 0.292 e. The highest BCUT2D eigenvalue weighted by Gasteiger charge is 2.12. The highest BCUT2D eigenvalue weighted by atomic mass is 32.1. The van der Waals surface area contributed by atoms with Crippen LogP contribution in [0.5, 0.6) is 0 Å². The monoisotopic (exact) mass is 239 g/mol. The van der Waals surface area contributed by atoms with Crippen molar-refractivity contribution >= 4 is 17.1 Å². The molecule has 2 aromatic rings. The predicted octanol–water partition coefficient (Wildman–Crippen LogP) is 2.85. The third kappa shape index (κ3) is 2.30.